The number of esters is 1. The molecule has 0 fully saturated rings. The molecule has 29 heavy (non-hydrogen) atoms. The van der Waals surface area contributed by atoms with Crippen LogP contribution in [-0.2, 0) is 25.6 Å². The molecular formula is C22H34N2O5. The van der Waals surface area contributed by atoms with Crippen LogP contribution < -0.4 is 5.32 Å². The van der Waals surface area contributed by atoms with Gasteiger partial charge in [0.1, 0.15) is 5.60 Å². The van der Waals surface area contributed by atoms with E-state index in [9.17, 15) is 14.4 Å². The third kappa shape index (κ3) is 11.1. The number of unbranched alkanes of at least 4 members (excludes halogenated alkanes) is 3. The Morgan fingerprint density at radius 3 is 2.10 bits per heavy atom. The molecule has 0 radical (unpaired) electrons. The fourth-order valence-corrected chi connectivity index (χ4v) is 2.61. The van der Waals surface area contributed by atoms with Crippen LogP contribution in [0.5, 0.6) is 0 Å². The quantitative estimate of drug-likeness (QED) is 0.457. The van der Waals surface area contributed by atoms with Crippen LogP contribution in [0.3, 0.4) is 0 Å². The van der Waals surface area contributed by atoms with Gasteiger partial charge in [-0.2, -0.15) is 0 Å². The zero-order valence-corrected chi connectivity index (χ0v) is 18.2. The summed E-state index contributed by atoms with van der Waals surface area (Å²) in [6, 6.07) is 7.41. The van der Waals surface area contributed by atoms with Gasteiger partial charge >= 0.3 is 12.1 Å². The van der Waals surface area contributed by atoms with Crippen LogP contribution in [0.4, 0.5) is 10.5 Å². The SMILES string of the molecule is COC(=O)CCCCCCC(=O)Nc1ccc(CN(C)C(=O)OC(C)(C)C)cc1. The predicted octanol–water partition coefficient (Wildman–Crippen LogP) is 4.51. The molecule has 1 rings (SSSR count). The van der Waals surface area contributed by atoms with Crippen molar-refractivity contribution in [1.82, 2.24) is 4.90 Å². The molecule has 0 aliphatic carbocycles. The van der Waals surface area contributed by atoms with Crippen molar-refractivity contribution in [1.29, 1.82) is 0 Å². The van der Waals surface area contributed by atoms with E-state index in [-0.39, 0.29) is 18.0 Å². The minimum Gasteiger partial charge on any atom is -0.469 e. The minimum atomic E-state index is -0.527. The first kappa shape index (κ1) is 24.5. The van der Waals surface area contributed by atoms with Gasteiger partial charge in [0.25, 0.3) is 0 Å². The number of ether oxygens (including phenoxy) is 2. The zero-order valence-electron chi connectivity index (χ0n) is 18.2. The number of benzene rings is 1. The van der Waals surface area contributed by atoms with Crippen molar-refractivity contribution in [3.05, 3.63) is 29.8 Å². The molecule has 0 unspecified atom stereocenters. The molecule has 7 nitrogen and oxygen atoms in total. The number of amides is 2. The van der Waals surface area contributed by atoms with Gasteiger partial charge in [-0.3, -0.25) is 9.59 Å². The standard InChI is InChI=1S/C22H34N2O5/c1-22(2,3)29-21(27)24(4)16-17-12-14-18(15-13-17)23-19(25)10-8-6-7-9-11-20(26)28-5/h12-15H,6-11,16H2,1-5H3,(H,23,25). The number of anilines is 1. The molecule has 0 heterocycles. The zero-order chi connectivity index (χ0) is 21.9. The van der Waals surface area contributed by atoms with E-state index in [0.717, 1.165) is 36.9 Å². The van der Waals surface area contributed by atoms with Gasteiger partial charge in [0.2, 0.25) is 5.91 Å². The Bertz CT molecular complexity index is 665. The summed E-state index contributed by atoms with van der Waals surface area (Å²) >= 11 is 0. The van der Waals surface area contributed by atoms with Crippen LogP contribution in [0.2, 0.25) is 0 Å². The van der Waals surface area contributed by atoms with Crippen LogP contribution >= 0.6 is 0 Å². The lowest BCUT2D eigenvalue weighted by atomic mass is 10.1. The number of hydrogen-bond donors (Lipinski definition) is 1. The van der Waals surface area contributed by atoms with E-state index >= 15 is 0 Å². The van der Waals surface area contributed by atoms with E-state index in [1.54, 1.807) is 7.05 Å². The van der Waals surface area contributed by atoms with Gasteiger partial charge in [-0.1, -0.05) is 25.0 Å². The molecule has 0 saturated carbocycles. The van der Waals surface area contributed by atoms with Crippen LogP contribution in [0.1, 0.15) is 64.9 Å². The highest BCUT2D eigenvalue weighted by Crippen LogP contribution is 2.15. The highest BCUT2D eigenvalue weighted by atomic mass is 16.6. The topological polar surface area (TPSA) is 84.9 Å². The van der Waals surface area contributed by atoms with Gasteiger partial charge in [0.05, 0.1) is 7.11 Å². The normalized spacial score (nSPS) is 10.9. The number of carbonyl (C=O) groups excluding carboxylic acids is 3. The lowest BCUT2D eigenvalue weighted by Crippen LogP contribution is -2.33. The Morgan fingerprint density at radius 1 is 0.966 bits per heavy atom. The monoisotopic (exact) mass is 406 g/mol. The summed E-state index contributed by atoms with van der Waals surface area (Å²) in [5.41, 5.74) is 1.15. The van der Waals surface area contributed by atoms with Crippen molar-refractivity contribution in [2.24, 2.45) is 0 Å². The van der Waals surface area contributed by atoms with Crippen molar-refractivity contribution < 1.29 is 23.9 Å². The van der Waals surface area contributed by atoms with E-state index in [4.69, 9.17) is 4.74 Å². The van der Waals surface area contributed by atoms with E-state index in [1.807, 2.05) is 45.0 Å². The average molecular weight is 407 g/mol. The molecule has 0 aliphatic heterocycles. The molecule has 0 bridgehead atoms. The Labute approximate surface area is 173 Å². The average Bonchev–Trinajstić information content (AvgIpc) is 2.64. The highest BCUT2D eigenvalue weighted by molar-refractivity contribution is 5.90. The highest BCUT2D eigenvalue weighted by Gasteiger charge is 2.19. The maximum absolute atomic E-state index is 12.0. The van der Waals surface area contributed by atoms with Gasteiger partial charge < -0.3 is 19.7 Å². The molecule has 1 aromatic carbocycles. The predicted molar refractivity (Wildman–Crippen MR) is 112 cm³/mol. The second-order valence-corrected chi connectivity index (χ2v) is 8.07. The van der Waals surface area contributed by atoms with Crippen molar-refractivity contribution >= 4 is 23.7 Å². The summed E-state index contributed by atoms with van der Waals surface area (Å²) in [5, 5.41) is 2.88. The van der Waals surface area contributed by atoms with Crippen LogP contribution in [-0.4, -0.2) is 42.6 Å². The number of methoxy groups -OCH3 is 1. The van der Waals surface area contributed by atoms with Gasteiger partial charge in [0, 0.05) is 32.1 Å². The van der Waals surface area contributed by atoms with Crippen LogP contribution in [0.25, 0.3) is 0 Å². The second-order valence-electron chi connectivity index (χ2n) is 8.07. The van der Waals surface area contributed by atoms with E-state index < -0.39 is 5.60 Å². The smallest absolute Gasteiger partial charge is 0.410 e. The third-order valence-electron chi connectivity index (χ3n) is 4.13. The summed E-state index contributed by atoms with van der Waals surface area (Å²) in [7, 11) is 3.08. The molecule has 0 atom stereocenters. The number of hydrogen-bond acceptors (Lipinski definition) is 5. The van der Waals surface area contributed by atoms with E-state index in [1.165, 1.54) is 12.0 Å². The molecule has 0 saturated heterocycles. The van der Waals surface area contributed by atoms with Crippen molar-refractivity contribution in [2.75, 3.05) is 19.5 Å². The van der Waals surface area contributed by atoms with Gasteiger partial charge in [-0.25, -0.2) is 4.79 Å². The number of nitrogens with one attached hydrogen (secondary N) is 1. The first-order valence-corrected chi connectivity index (χ1v) is 10.0. The summed E-state index contributed by atoms with van der Waals surface area (Å²) < 4.78 is 9.93. The fourth-order valence-electron chi connectivity index (χ4n) is 2.61. The fraction of sp³-hybridized carbons (Fsp3) is 0.591. The third-order valence-corrected chi connectivity index (χ3v) is 4.13. The van der Waals surface area contributed by atoms with Crippen molar-refractivity contribution in [2.45, 2.75) is 71.4 Å². The molecule has 0 spiro atoms. The summed E-state index contributed by atoms with van der Waals surface area (Å²) in [5.74, 6) is -0.222. The number of rotatable bonds is 10. The van der Waals surface area contributed by atoms with Crippen molar-refractivity contribution in [3.8, 4) is 0 Å². The van der Waals surface area contributed by atoms with Gasteiger partial charge in [0.15, 0.2) is 0 Å². The Hall–Kier alpha value is -2.57. The second kappa shape index (κ2) is 12.1. The molecule has 1 N–H and O–H groups in total. The summed E-state index contributed by atoms with van der Waals surface area (Å²) in [6.07, 6.45) is 3.88. The molecule has 2 amide bonds. The first-order chi connectivity index (χ1) is 13.6. The van der Waals surface area contributed by atoms with Gasteiger partial charge in [-0.15, -0.1) is 0 Å². The van der Waals surface area contributed by atoms with Crippen LogP contribution in [0, 0.1) is 0 Å². The van der Waals surface area contributed by atoms with Crippen LogP contribution in [0.15, 0.2) is 24.3 Å². The van der Waals surface area contributed by atoms with Crippen molar-refractivity contribution in [3.63, 3.8) is 0 Å². The molecule has 0 aliphatic rings. The Balaban J connectivity index is 2.32. The maximum atomic E-state index is 12.0. The first-order valence-electron chi connectivity index (χ1n) is 10.0. The molecule has 0 aromatic heterocycles. The van der Waals surface area contributed by atoms with Gasteiger partial charge in [-0.05, 0) is 51.3 Å². The van der Waals surface area contributed by atoms with E-state index in [0.29, 0.717) is 19.4 Å². The van der Waals surface area contributed by atoms with E-state index in [2.05, 4.69) is 10.1 Å². The Morgan fingerprint density at radius 2 is 1.55 bits per heavy atom. The lowest BCUT2D eigenvalue weighted by Gasteiger charge is -2.24. The Kier molecular flexibility index (Phi) is 10.2. The molecule has 7 heteroatoms. The maximum Gasteiger partial charge on any atom is 0.410 e. The molecule has 1 aromatic rings. The number of carbonyl (C=O) groups is 3. The minimum absolute atomic E-state index is 0.0309. The summed E-state index contributed by atoms with van der Waals surface area (Å²) in [6.45, 7) is 5.92. The molecular weight excluding hydrogens is 372 g/mol. The summed E-state index contributed by atoms with van der Waals surface area (Å²) in [4.78, 5) is 36.6. The largest absolute Gasteiger partial charge is 0.469 e. The lowest BCUT2D eigenvalue weighted by molar-refractivity contribution is -0.140. The molecule has 162 valence electrons. The number of nitrogens with zero attached hydrogens (tertiary/aromatic N) is 1.